The molecule has 38 heavy (non-hydrogen) atoms. The molecule has 0 atom stereocenters. The van der Waals surface area contributed by atoms with E-state index in [4.69, 9.17) is 9.66 Å². The Labute approximate surface area is 238 Å². The second-order valence-electron chi connectivity index (χ2n) is 9.32. The van der Waals surface area contributed by atoms with Gasteiger partial charge in [0, 0.05) is 49.7 Å². The van der Waals surface area contributed by atoms with Crippen LogP contribution in [0.25, 0.3) is 22.4 Å². The predicted molar refractivity (Wildman–Crippen MR) is 163 cm³/mol. The summed E-state index contributed by atoms with van der Waals surface area (Å²) in [5.41, 5.74) is 3.49. The zero-order valence-electron chi connectivity index (χ0n) is 21.9. The first-order valence-electron chi connectivity index (χ1n) is 13.3. The van der Waals surface area contributed by atoms with Crippen molar-refractivity contribution in [1.82, 2.24) is 15.4 Å². The van der Waals surface area contributed by atoms with E-state index >= 15 is 0 Å². The van der Waals surface area contributed by atoms with Crippen molar-refractivity contribution < 1.29 is 12.9 Å². The van der Waals surface area contributed by atoms with E-state index in [2.05, 4.69) is 40.6 Å². The van der Waals surface area contributed by atoms with Crippen molar-refractivity contribution in [1.29, 1.82) is 0 Å². The van der Waals surface area contributed by atoms with Gasteiger partial charge in [0.25, 0.3) is 0 Å². The molecule has 10 heteroatoms. The molecule has 0 saturated carbocycles. The smallest absolute Gasteiger partial charge is 0.238 e. The summed E-state index contributed by atoms with van der Waals surface area (Å²) in [6.07, 6.45) is 6.43. The molecule has 0 bridgehead atoms. The van der Waals surface area contributed by atoms with Crippen LogP contribution < -0.4 is 10.5 Å². The third-order valence-electron chi connectivity index (χ3n) is 6.47. The molecular formula is C28H40N4O3S3. The molecule has 3 N–H and O–H groups in total. The Morgan fingerprint density at radius 2 is 1.53 bits per heavy atom. The zero-order valence-corrected chi connectivity index (χ0v) is 24.5. The minimum Gasteiger partial charge on any atom is -0.360 e. The summed E-state index contributed by atoms with van der Waals surface area (Å²) >= 11 is 8.65. The number of benzene rings is 2. The number of hydrogen-bond acceptors (Lipinski definition) is 8. The highest BCUT2D eigenvalue weighted by Gasteiger charge is 2.20. The van der Waals surface area contributed by atoms with Crippen LogP contribution in [0.4, 0.5) is 0 Å². The minimum atomic E-state index is -3.75. The molecular weight excluding hydrogens is 537 g/mol. The van der Waals surface area contributed by atoms with Gasteiger partial charge < -0.3 is 14.7 Å². The largest absolute Gasteiger partial charge is 0.360 e. The van der Waals surface area contributed by atoms with Crippen LogP contribution in [-0.2, 0) is 16.4 Å². The standard InChI is InChI=1S/C28H40N4O3S3/c29-38(33,34)25-14-12-23(13-15-25)27-26(35-31-28(27)24-9-5-4-6-10-24)11-7-2-1-3-8-18-32(20-22-37)19-16-30-17-21-36/h4-6,9-10,12-15,30,36-37H,1-3,7-8,11,16-22H2,(H2,29,33,34). The summed E-state index contributed by atoms with van der Waals surface area (Å²) in [6, 6.07) is 16.5. The highest BCUT2D eigenvalue weighted by atomic mass is 32.2. The van der Waals surface area contributed by atoms with Gasteiger partial charge in [-0.2, -0.15) is 25.3 Å². The lowest BCUT2D eigenvalue weighted by Crippen LogP contribution is -2.34. The third kappa shape index (κ3) is 9.73. The quantitative estimate of drug-likeness (QED) is 0.127. The number of aromatic nitrogens is 1. The molecule has 0 saturated heterocycles. The molecule has 2 aromatic carbocycles. The highest BCUT2D eigenvalue weighted by molar-refractivity contribution is 7.89. The molecule has 0 aliphatic carbocycles. The number of nitrogens with two attached hydrogens (primary N) is 1. The van der Waals surface area contributed by atoms with Gasteiger partial charge in [0.05, 0.1) is 10.5 Å². The van der Waals surface area contributed by atoms with Gasteiger partial charge in [0.1, 0.15) is 11.5 Å². The van der Waals surface area contributed by atoms with Gasteiger partial charge in [-0.1, -0.05) is 66.9 Å². The van der Waals surface area contributed by atoms with Crippen LogP contribution in [0, 0.1) is 0 Å². The first-order valence-corrected chi connectivity index (χ1v) is 16.1. The van der Waals surface area contributed by atoms with E-state index < -0.39 is 10.0 Å². The number of nitrogens with zero attached hydrogens (tertiary/aromatic N) is 2. The molecule has 0 radical (unpaired) electrons. The number of sulfonamides is 1. The van der Waals surface area contributed by atoms with Crippen molar-refractivity contribution in [3.8, 4) is 22.4 Å². The molecule has 0 aliphatic rings. The van der Waals surface area contributed by atoms with E-state index in [1.807, 2.05) is 30.3 Å². The van der Waals surface area contributed by atoms with Gasteiger partial charge in [-0.05, 0) is 37.1 Å². The van der Waals surface area contributed by atoms with E-state index in [-0.39, 0.29) is 4.90 Å². The summed E-state index contributed by atoms with van der Waals surface area (Å²) < 4.78 is 29.2. The number of hydrogen-bond donors (Lipinski definition) is 4. The lowest BCUT2D eigenvalue weighted by atomic mass is 9.97. The third-order valence-corrected chi connectivity index (χ3v) is 7.82. The number of primary sulfonamides is 1. The van der Waals surface area contributed by atoms with Crippen LogP contribution in [0.5, 0.6) is 0 Å². The molecule has 0 unspecified atom stereocenters. The van der Waals surface area contributed by atoms with Gasteiger partial charge in [0.2, 0.25) is 10.0 Å². The number of thiol groups is 2. The average molecular weight is 577 g/mol. The van der Waals surface area contributed by atoms with Crippen molar-refractivity contribution in [2.75, 3.05) is 44.2 Å². The Morgan fingerprint density at radius 1 is 0.816 bits per heavy atom. The number of aryl methyl sites for hydroxylation is 1. The molecule has 3 rings (SSSR count). The number of unbranched alkanes of at least 4 members (excludes halogenated alkanes) is 4. The van der Waals surface area contributed by atoms with E-state index in [0.717, 1.165) is 91.6 Å². The maximum absolute atomic E-state index is 11.7. The fraction of sp³-hybridized carbons (Fsp3) is 0.464. The van der Waals surface area contributed by atoms with Gasteiger partial charge in [-0.15, -0.1) is 0 Å². The van der Waals surface area contributed by atoms with Crippen LogP contribution in [-0.4, -0.2) is 62.7 Å². The molecule has 1 aromatic heterocycles. The SMILES string of the molecule is NS(=O)(=O)c1ccc(-c2c(-c3ccccc3)noc2CCCCCCCN(CCS)CCNCCS)cc1. The first-order chi connectivity index (χ1) is 18.4. The summed E-state index contributed by atoms with van der Waals surface area (Å²) in [6.45, 7) is 5.10. The fourth-order valence-electron chi connectivity index (χ4n) is 4.47. The normalized spacial score (nSPS) is 11.9. The molecule has 0 amide bonds. The van der Waals surface area contributed by atoms with Crippen molar-refractivity contribution in [3.05, 3.63) is 60.4 Å². The van der Waals surface area contributed by atoms with Crippen LogP contribution in [0.2, 0.25) is 0 Å². The van der Waals surface area contributed by atoms with E-state index in [1.54, 1.807) is 12.1 Å². The topological polar surface area (TPSA) is 101 Å². The Balaban J connectivity index is 1.56. The van der Waals surface area contributed by atoms with Crippen molar-refractivity contribution >= 4 is 35.3 Å². The van der Waals surface area contributed by atoms with Crippen LogP contribution >= 0.6 is 25.3 Å². The van der Waals surface area contributed by atoms with Crippen LogP contribution in [0.1, 0.15) is 37.9 Å². The molecule has 0 spiro atoms. The highest BCUT2D eigenvalue weighted by Crippen LogP contribution is 2.35. The van der Waals surface area contributed by atoms with E-state index in [9.17, 15) is 8.42 Å². The Morgan fingerprint density at radius 3 is 2.21 bits per heavy atom. The van der Waals surface area contributed by atoms with Crippen molar-refractivity contribution in [2.45, 2.75) is 43.4 Å². The molecule has 0 aliphatic heterocycles. The van der Waals surface area contributed by atoms with Gasteiger partial charge in [-0.3, -0.25) is 0 Å². The van der Waals surface area contributed by atoms with Gasteiger partial charge in [-0.25, -0.2) is 13.6 Å². The van der Waals surface area contributed by atoms with E-state index in [0.29, 0.717) is 0 Å². The Kier molecular flexibility index (Phi) is 13.2. The lowest BCUT2D eigenvalue weighted by molar-refractivity contribution is 0.283. The molecule has 1 heterocycles. The Bertz CT molecular complexity index is 1190. The van der Waals surface area contributed by atoms with Crippen LogP contribution in [0.15, 0.2) is 64.0 Å². The Hall–Kier alpha value is -1.82. The molecule has 3 aromatic rings. The van der Waals surface area contributed by atoms with E-state index in [1.165, 1.54) is 31.4 Å². The van der Waals surface area contributed by atoms with Gasteiger partial charge in [0.15, 0.2) is 0 Å². The number of nitrogens with one attached hydrogen (secondary N) is 1. The molecule has 7 nitrogen and oxygen atoms in total. The second-order valence-corrected chi connectivity index (χ2v) is 11.8. The zero-order chi connectivity index (χ0) is 27.2. The van der Waals surface area contributed by atoms with Gasteiger partial charge >= 0.3 is 0 Å². The molecule has 0 fully saturated rings. The average Bonchev–Trinajstić information content (AvgIpc) is 3.34. The summed E-state index contributed by atoms with van der Waals surface area (Å²) in [7, 11) is -3.75. The second kappa shape index (κ2) is 16.3. The van der Waals surface area contributed by atoms with Crippen molar-refractivity contribution in [3.63, 3.8) is 0 Å². The monoisotopic (exact) mass is 576 g/mol. The predicted octanol–water partition coefficient (Wildman–Crippen LogP) is 4.90. The van der Waals surface area contributed by atoms with Crippen LogP contribution in [0.3, 0.4) is 0 Å². The first kappa shape index (κ1) is 30.7. The molecule has 208 valence electrons. The maximum atomic E-state index is 11.7. The minimum absolute atomic E-state index is 0.0855. The fourth-order valence-corrected chi connectivity index (χ4v) is 5.42. The number of rotatable bonds is 18. The summed E-state index contributed by atoms with van der Waals surface area (Å²) in [5.74, 6) is 2.56. The summed E-state index contributed by atoms with van der Waals surface area (Å²) in [4.78, 5) is 2.56. The lowest BCUT2D eigenvalue weighted by Gasteiger charge is -2.21. The van der Waals surface area contributed by atoms with Crippen molar-refractivity contribution in [2.24, 2.45) is 5.14 Å². The summed E-state index contributed by atoms with van der Waals surface area (Å²) in [5, 5.41) is 13.1. The maximum Gasteiger partial charge on any atom is 0.238 e.